The molecular formula is C17H23F3N2O3. The molecule has 0 radical (unpaired) electrons. The molecule has 25 heavy (non-hydrogen) atoms. The Morgan fingerprint density at radius 1 is 1.16 bits per heavy atom. The van der Waals surface area contributed by atoms with Gasteiger partial charge in [0.2, 0.25) is 0 Å². The molecule has 5 nitrogen and oxygen atoms in total. The van der Waals surface area contributed by atoms with E-state index in [1.54, 1.807) is 0 Å². The van der Waals surface area contributed by atoms with Crippen molar-refractivity contribution in [3.8, 4) is 0 Å². The maximum atomic E-state index is 12.7. The fourth-order valence-corrected chi connectivity index (χ4v) is 2.87. The molecule has 0 saturated heterocycles. The van der Waals surface area contributed by atoms with Crippen LogP contribution in [0.5, 0.6) is 0 Å². The molecule has 0 bridgehead atoms. The summed E-state index contributed by atoms with van der Waals surface area (Å²) >= 11 is 0. The van der Waals surface area contributed by atoms with E-state index in [9.17, 15) is 18.0 Å². The molecule has 8 heteroatoms. The first kappa shape index (κ1) is 19.5. The van der Waals surface area contributed by atoms with Gasteiger partial charge in [-0.1, -0.05) is 30.3 Å². The molecule has 1 aromatic carbocycles. The molecule has 3 N–H and O–H groups in total. The predicted molar refractivity (Wildman–Crippen MR) is 85.9 cm³/mol. The SMILES string of the molecule is O=C(NC1CCC(N[C@H](CO)C(F)(F)F)CC1)OCc1ccccc1. The first-order chi connectivity index (χ1) is 11.9. The fourth-order valence-electron chi connectivity index (χ4n) is 2.87. The molecule has 0 spiro atoms. The number of aliphatic hydroxyl groups is 1. The van der Waals surface area contributed by atoms with Crippen LogP contribution in [-0.2, 0) is 11.3 Å². The number of ether oxygens (including phenoxy) is 1. The summed E-state index contributed by atoms with van der Waals surface area (Å²) in [6, 6.07) is 6.94. The molecular weight excluding hydrogens is 337 g/mol. The van der Waals surface area contributed by atoms with Gasteiger partial charge in [0.25, 0.3) is 0 Å². The number of carbonyl (C=O) groups excluding carboxylic acids is 1. The van der Waals surface area contributed by atoms with Crippen LogP contribution in [0.25, 0.3) is 0 Å². The fraction of sp³-hybridized carbons (Fsp3) is 0.588. The van der Waals surface area contributed by atoms with Gasteiger partial charge < -0.3 is 20.5 Å². The molecule has 1 aliphatic rings. The van der Waals surface area contributed by atoms with Crippen LogP contribution in [-0.4, -0.2) is 42.1 Å². The van der Waals surface area contributed by atoms with E-state index in [-0.39, 0.29) is 18.7 Å². The molecule has 0 aliphatic heterocycles. The third kappa shape index (κ3) is 6.55. The van der Waals surface area contributed by atoms with Gasteiger partial charge in [-0.05, 0) is 31.2 Å². The Morgan fingerprint density at radius 3 is 2.32 bits per heavy atom. The number of halogens is 3. The van der Waals surface area contributed by atoms with E-state index >= 15 is 0 Å². The van der Waals surface area contributed by atoms with Gasteiger partial charge in [-0.15, -0.1) is 0 Å². The summed E-state index contributed by atoms with van der Waals surface area (Å²) in [5.41, 5.74) is 0.882. The number of amides is 1. The maximum Gasteiger partial charge on any atom is 0.407 e. The second-order valence-electron chi connectivity index (χ2n) is 6.20. The number of hydrogen-bond donors (Lipinski definition) is 3. The zero-order valence-electron chi connectivity index (χ0n) is 13.8. The van der Waals surface area contributed by atoms with Crippen LogP contribution < -0.4 is 10.6 Å². The zero-order chi connectivity index (χ0) is 18.3. The molecule has 1 fully saturated rings. The Bertz CT molecular complexity index is 532. The minimum atomic E-state index is -4.47. The lowest BCUT2D eigenvalue weighted by Gasteiger charge is -2.32. The van der Waals surface area contributed by atoms with E-state index in [1.165, 1.54) is 0 Å². The molecule has 1 aliphatic carbocycles. The largest absolute Gasteiger partial charge is 0.445 e. The number of alkyl carbamates (subject to hydrolysis) is 1. The number of aliphatic hydroxyl groups excluding tert-OH is 1. The van der Waals surface area contributed by atoms with Crippen LogP contribution in [0.15, 0.2) is 30.3 Å². The molecule has 1 saturated carbocycles. The Kier molecular flexibility index (Phi) is 7.07. The summed E-state index contributed by atoms with van der Waals surface area (Å²) in [4.78, 5) is 11.8. The van der Waals surface area contributed by atoms with Crippen LogP contribution >= 0.6 is 0 Å². The second-order valence-corrected chi connectivity index (χ2v) is 6.20. The molecule has 140 valence electrons. The topological polar surface area (TPSA) is 70.6 Å². The van der Waals surface area contributed by atoms with Crippen molar-refractivity contribution >= 4 is 6.09 Å². The summed E-state index contributed by atoms with van der Waals surface area (Å²) in [6.45, 7) is -0.805. The average molecular weight is 360 g/mol. The summed E-state index contributed by atoms with van der Waals surface area (Å²) in [5, 5.41) is 14.1. The minimum Gasteiger partial charge on any atom is -0.445 e. The van der Waals surface area contributed by atoms with Crippen LogP contribution in [0.1, 0.15) is 31.2 Å². The van der Waals surface area contributed by atoms with Crippen molar-refractivity contribution in [1.82, 2.24) is 10.6 Å². The van der Waals surface area contributed by atoms with E-state index in [1.807, 2.05) is 30.3 Å². The van der Waals surface area contributed by atoms with Crippen molar-refractivity contribution < 1.29 is 27.8 Å². The van der Waals surface area contributed by atoms with Crippen LogP contribution in [0.4, 0.5) is 18.0 Å². The highest BCUT2D eigenvalue weighted by Crippen LogP contribution is 2.24. The third-order valence-electron chi connectivity index (χ3n) is 4.28. The van der Waals surface area contributed by atoms with E-state index in [0.29, 0.717) is 25.7 Å². The van der Waals surface area contributed by atoms with E-state index in [2.05, 4.69) is 10.6 Å². The van der Waals surface area contributed by atoms with Crippen molar-refractivity contribution in [3.05, 3.63) is 35.9 Å². The Morgan fingerprint density at radius 2 is 1.76 bits per heavy atom. The Balaban J connectivity index is 1.68. The maximum absolute atomic E-state index is 12.7. The summed E-state index contributed by atoms with van der Waals surface area (Å²) in [5.74, 6) is 0. The van der Waals surface area contributed by atoms with Gasteiger partial charge in [-0.25, -0.2) is 4.79 Å². The van der Waals surface area contributed by atoms with E-state index < -0.39 is 24.9 Å². The van der Waals surface area contributed by atoms with Gasteiger partial charge in [0.1, 0.15) is 12.6 Å². The van der Waals surface area contributed by atoms with Crippen molar-refractivity contribution in [2.45, 2.75) is 56.6 Å². The average Bonchev–Trinajstić information content (AvgIpc) is 2.59. The smallest absolute Gasteiger partial charge is 0.407 e. The van der Waals surface area contributed by atoms with Crippen molar-refractivity contribution in [2.24, 2.45) is 0 Å². The van der Waals surface area contributed by atoms with Crippen LogP contribution in [0.2, 0.25) is 0 Å². The number of carbonyl (C=O) groups is 1. The van der Waals surface area contributed by atoms with Crippen LogP contribution in [0.3, 0.4) is 0 Å². The highest BCUT2D eigenvalue weighted by Gasteiger charge is 2.40. The molecule has 1 atom stereocenters. The number of nitrogens with one attached hydrogen (secondary N) is 2. The lowest BCUT2D eigenvalue weighted by Crippen LogP contribution is -2.51. The zero-order valence-corrected chi connectivity index (χ0v) is 13.8. The van der Waals surface area contributed by atoms with Gasteiger partial charge >= 0.3 is 12.3 Å². The van der Waals surface area contributed by atoms with Crippen molar-refractivity contribution in [3.63, 3.8) is 0 Å². The highest BCUT2D eigenvalue weighted by molar-refractivity contribution is 5.67. The molecule has 0 heterocycles. The third-order valence-corrected chi connectivity index (χ3v) is 4.28. The van der Waals surface area contributed by atoms with Gasteiger partial charge in [-0.3, -0.25) is 0 Å². The lowest BCUT2D eigenvalue weighted by atomic mass is 9.91. The van der Waals surface area contributed by atoms with Crippen molar-refractivity contribution in [2.75, 3.05) is 6.61 Å². The summed E-state index contributed by atoms with van der Waals surface area (Å²) in [7, 11) is 0. The summed E-state index contributed by atoms with van der Waals surface area (Å²) in [6.07, 6.45) is -2.87. The predicted octanol–water partition coefficient (Wildman–Crippen LogP) is 2.74. The summed E-state index contributed by atoms with van der Waals surface area (Å²) < 4.78 is 43.1. The number of hydrogen-bond acceptors (Lipinski definition) is 4. The number of rotatable bonds is 6. The Hall–Kier alpha value is -1.80. The second kappa shape index (κ2) is 9.05. The van der Waals surface area contributed by atoms with Crippen LogP contribution in [0, 0.1) is 0 Å². The van der Waals surface area contributed by atoms with Gasteiger partial charge in [0.15, 0.2) is 0 Å². The molecule has 0 unspecified atom stereocenters. The van der Waals surface area contributed by atoms with E-state index in [4.69, 9.17) is 9.84 Å². The van der Waals surface area contributed by atoms with E-state index in [0.717, 1.165) is 5.56 Å². The number of benzene rings is 1. The quantitative estimate of drug-likeness (QED) is 0.730. The van der Waals surface area contributed by atoms with Gasteiger partial charge in [0, 0.05) is 12.1 Å². The molecule has 0 aromatic heterocycles. The first-order valence-electron chi connectivity index (χ1n) is 8.29. The van der Waals surface area contributed by atoms with Gasteiger partial charge in [-0.2, -0.15) is 13.2 Å². The normalized spacial score (nSPS) is 22.2. The Labute approximate surface area is 144 Å². The molecule has 1 amide bonds. The molecule has 1 aromatic rings. The van der Waals surface area contributed by atoms with Crippen molar-refractivity contribution in [1.29, 1.82) is 0 Å². The minimum absolute atomic E-state index is 0.111. The lowest BCUT2D eigenvalue weighted by molar-refractivity contribution is -0.166. The monoisotopic (exact) mass is 360 g/mol. The van der Waals surface area contributed by atoms with Gasteiger partial charge in [0.05, 0.1) is 6.61 Å². The molecule has 2 rings (SSSR count). The standard InChI is InChI=1S/C17H23F3N2O3/c18-17(19,20)15(10-23)21-13-6-8-14(9-7-13)22-16(24)25-11-12-4-2-1-3-5-12/h1-5,13-15,21,23H,6-11H2,(H,22,24)/t13?,14?,15-/m1/s1. The first-order valence-corrected chi connectivity index (χ1v) is 8.29. The highest BCUT2D eigenvalue weighted by atomic mass is 19.4. The number of alkyl halides is 3.